The lowest BCUT2D eigenvalue weighted by Crippen LogP contribution is -2.38. The maximum absolute atomic E-state index is 3.81. The van der Waals surface area contributed by atoms with Crippen molar-refractivity contribution in [2.24, 2.45) is 11.3 Å². The summed E-state index contributed by atoms with van der Waals surface area (Å²) in [4.78, 5) is 0. The fourth-order valence-corrected chi connectivity index (χ4v) is 1.57. The van der Waals surface area contributed by atoms with Crippen LogP contribution in [0.2, 0.25) is 0 Å². The second-order valence-electron chi connectivity index (χ2n) is 5.42. The Balaban J connectivity index is 3.91. The standard InChI is InChI=1S/C13H27N/c1-7-9-12(8-2)11(3)14-10-13(4,5)6/h7,11-12,14H,1,8-10H2,2-6H3. The van der Waals surface area contributed by atoms with Gasteiger partial charge < -0.3 is 5.32 Å². The lowest BCUT2D eigenvalue weighted by molar-refractivity contribution is 0.303. The van der Waals surface area contributed by atoms with E-state index in [-0.39, 0.29) is 0 Å². The zero-order valence-electron chi connectivity index (χ0n) is 10.6. The van der Waals surface area contributed by atoms with Gasteiger partial charge in [0, 0.05) is 12.6 Å². The van der Waals surface area contributed by atoms with Gasteiger partial charge in [-0.15, -0.1) is 6.58 Å². The topological polar surface area (TPSA) is 12.0 Å². The molecule has 0 radical (unpaired) electrons. The molecule has 0 saturated heterocycles. The number of rotatable bonds is 6. The minimum atomic E-state index is 0.376. The van der Waals surface area contributed by atoms with Gasteiger partial charge in [0.15, 0.2) is 0 Å². The van der Waals surface area contributed by atoms with E-state index in [0.717, 1.165) is 18.9 Å². The Morgan fingerprint density at radius 2 is 1.93 bits per heavy atom. The molecule has 0 aliphatic rings. The third kappa shape index (κ3) is 6.20. The summed E-state index contributed by atoms with van der Waals surface area (Å²) < 4.78 is 0. The molecule has 84 valence electrons. The summed E-state index contributed by atoms with van der Waals surface area (Å²) in [5, 5.41) is 3.61. The lowest BCUT2D eigenvalue weighted by atomic mass is 9.92. The summed E-state index contributed by atoms with van der Waals surface area (Å²) in [7, 11) is 0. The summed E-state index contributed by atoms with van der Waals surface area (Å²) in [6.07, 6.45) is 4.38. The molecule has 0 aromatic heterocycles. The molecule has 2 unspecified atom stereocenters. The molecule has 0 spiro atoms. The van der Waals surface area contributed by atoms with Gasteiger partial charge in [0.05, 0.1) is 0 Å². The Morgan fingerprint density at radius 1 is 1.36 bits per heavy atom. The van der Waals surface area contributed by atoms with Crippen LogP contribution in [0, 0.1) is 11.3 Å². The molecule has 2 atom stereocenters. The third-order valence-corrected chi connectivity index (χ3v) is 2.66. The van der Waals surface area contributed by atoms with Gasteiger partial charge >= 0.3 is 0 Å². The molecule has 1 heteroatoms. The van der Waals surface area contributed by atoms with Crippen molar-refractivity contribution in [2.75, 3.05) is 6.54 Å². The second-order valence-corrected chi connectivity index (χ2v) is 5.42. The van der Waals surface area contributed by atoms with Crippen LogP contribution in [0.15, 0.2) is 12.7 Å². The third-order valence-electron chi connectivity index (χ3n) is 2.66. The first-order valence-electron chi connectivity index (χ1n) is 5.75. The Morgan fingerprint density at radius 3 is 2.29 bits per heavy atom. The van der Waals surface area contributed by atoms with Crippen LogP contribution < -0.4 is 5.32 Å². The Labute approximate surface area is 90.0 Å². The summed E-state index contributed by atoms with van der Waals surface area (Å²) in [6.45, 7) is 16.2. The molecule has 0 aliphatic carbocycles. The maximum atomic E-state index is 3.81. The maximum Gasteiger partial charge on any atom is 0.00700 e. The highest BCUT2D eigenvalue weighted by Gasteiger charge is 2.16. The highest BCUT2D eigenvalue weighted by Crippen LogP contribution is 2.16. The van der Waals surface area contributed by atoms with Gasteiger partial charge in [-0.3, -0.25) is 0 Å². The predicted octanol–water partition coefficient (Wildman–Crippen LogP) is 3.61. The fourth-order valence-electron chi connectivity index (χ4n) is 1.57. The highest BCUT2D eigenvalue weighted by molar-refractivity contribution is 4.80. The first kappa shape index (κ1) is 13.7. The minimum absolute atomic E-state index is 0.376. The molecule has 1 N–H and O–H groups in total. The van der Waals surface area contributed by atoms with Crippen molar-refractivity contribution in [1.29, 1.82) is 0 Å². The minimum Gasteiger partial charge on any atom is -0.313 e. The molecule has 0 aromatic rings. The summed E-state index contributed by atoms with van der Waals surface area (Å²) in [5.74, 6) is 0.731. The molecule has 0 aliphatic heterocycles. The van der Waals surface area contributed by atoms with Gasteiger partial charge in [0.2, 0.25) is 0 Å². The molecule has 0 aromatic carbocycles. The fraction of sp³-hybridized carbons (Fsp3) is 0.846. The molecule has 0 fully saturated rings. The molecular weight excluding hydrogens is 170 g/mol. The number of hydrogen-bond acceptors (Lipinski definition) is 1. The zero-order valence-corrected chi connectivity index (χ0v) is 10.6. The number of hydrogen-bond donors (Lipinski definition) is 1. The van der Waals surface area contributed by atoms with Crippen LogP contribution in [0.5, 0.6) is 0 Å². The SMILES string of the molecule is C=CCC(CC)C(C)NCC(C)(C)C. The quantitative estimate of drug-likeness (QED) is 0.641. The average Bonchev–Trinajstić information content (AvgIpc) is 2.09. The zero-order chi connectivity index (χ0) is 11.2. The van der Waals surface area contributed by atoms with E-state index in [1.54, 1.807) is 0 Å². The van der Waals surface area contributed by atoms with Gasteiger partial charge in [-0.05, 0) is 24.7 Å². The summed E-state index contributed by atoms with van der Waals surface area (Å²) in [5.41, 5.74) is 0.376. The van der Waals surface area contributed by atoms with Crippen LogP contribution >= 0.6 is 0 Å². The van der Waals surface area contributed by atoms with Gasteiger partial charge in [-0.1, -0.05) is 40.2 Å². The van der Waals surface area contributed by atoms with Gasteiger partial charge in [-0.2, -0.15) is 0 Å². The second kappa shape index (κ2) is 6.23. The van der Waals surface area contributed by atoms with E-state index in [1.165, 1.54) is 6.42 Å². The smallest absolute Gasteiger partial charge is 0.00700 e. The number of allylic oxidation sites excluding steroid dienone is 1. The van der Waals surface area contributed by atoms with E-state index < -0.39 is 0 Å². The Hall–Kier alpha value is -0.300. The molecule has 0 rings (SSSR count). The van der Waals surface area contributed by atoms with Gasteiger partial charge in [0.1, 0.15) is 0 Å². The van der Waals surface area contributed by atoms with Crippen molar-refractivity contribution >= 4 is 0 Å². The van der Waals surface area contributed by atoms with Crippen LogP contribution in [0.1, 0.15) is 47.5 Å². The van der Waals surface area contributed by atoms with E-state index in [1.807, 2.05) is 6.08 Å². The van der Waals surface area contributed by atoms with E-state index in [4.69, 9.17) is 0 Å². The van der Waals surface area contributed by atoms with Crippen molar-refractivity contribution in [3.8, 4) is 0 Å². The van der Waals surface area contributed by atoms with Gasteiger partial charge in [-0.25, -0.2) is 0 Å². The van der Waals surface area contributed by atoms with E-state index in [9.17, 15) is 0 Å². The van der Waals surface area contributed by atoms with Crippen LogP contribution in [0.25, 0.3) is 0 Å². The molecule has 0 heterocycles. The van der Waals surface area contributed by atoms with Gasteiger partial charge in [0.25, 0.3) is 0 Å². The average molecular weight is 197 g/mol. The molecule has 0 amide bonds. The first-order chi connectivity index (χ1) is 6.40. The molecular formula is C13H27N. The van der Waals surface area contributed by atoms with Crippen molar-refractivity contribution < 1.29 is 0 Å². The molecule has 1 nitrogen and oxygen atoms in total. The van der Waals surface area contributed by atoms with E-state index in [2.05, 4.69) is 46.5 Å². The molecule has 0 saturated carbocycles. The molecule has 0 bridgehead atoms. The van der Waals surface area contributed by atoms with E-state index >= 15 is 0 Å². The Kier molecular flexibility index (Phi) is 6.10. The highest BCUT2D eigenvalue weighted by atomic mass is 14.9. The monoisotopic (exact) mass is 197 g/mol. The van der Waals surface area contributed by atoms with Crippen molar-refractivity contribution in [3.05, 3.63) is 12.7 Å². The summed E-state index contributed by atoms with van der Waals surface area (Å²) >= 11 is 0. The Bertz CT molecular complexity index is 155. The van der Waals surface area contributed by atoms with Crippen LogP contribution in [0.4, 0.5) is 0 Å². The van der Waals surface area contributed by atoms with Crippen molar-refractivity contribution in [3.63, 3.8) is 0 Å². The van der Waals surface area contributed by atoms with Crippen LogP contribution in [-0.4, -0.2) is 12.6 Å². The predicted molar refractivity (Wildman–Crippen MR) is 65.5 cm³/mol. The first-order valence-corrected chi connectivity index (χ1v) is 5.75. The largest absolute Gasteiger partial charge is 0.313 e. The number of nitrogens with one attached hydrogen (secondary N) is 1. The normalized spacial score (nSPS) is 16.4. The van der Waals surface area contributed by atoms with Crippen molar-refractivity contribution in [2.45, 2.75) is 53.5 Å². The van der Waals surface area contributed by atoms with Crippen molar-refractivity contribution in [1.82, 2.24) is 5.32 Å². The van der Waals surface area contributed by atoms with E-state index in [0.29, 0.717) is 11.5 Å². The van der Waals surface area contributed by atoms with Crippen LogP contribution in [0.3, 0.4) is 0 Å². The summed E-state index contributed by atoms with van der Waals surface area (Å²) in [6, 6.07) is 0.595. The van der Waals surface area contributed by atoms with Crippen LogP contribution in [-0.2, 0) is 0 Å². The molecule has 14 heavy (non-hydrogen) atoms. The lowest BCUT2D eigenvalue weighted by Gasteiger charge is -2.27.